The first kappa shape index (κ1) is 17.2. The lowest BCUT2D eigenvalue weighted by molar-refractivity contribution is 0.102. The van der Waals surface area contributed by atoms with Gasteiger partial charge in [-0.2, -0.15) is 0 Å². The second-order valence-corrected chi connectivity index (χ2v) is 6.74. The standard InChI is InChI=1S/C19H19N3O2S/c1-12-4-6-15(10-13(12)2)17(23)11-25-19-20-18(21-22-19)9-8-16-7-5-14(3)24-16/h4-10H,11H2,1-3H3,(H,20,21,22). The average Bonchev–Trinajstić information content (AvgIpc) is 3.22. The van der Waals surface area contributed by atoms with Gasteiger partial charge in [0.2, 0.25) is 5.16 Å². The first-order valence-electron chi connectivity index (χ1n) is 7.91. The molecule has 6 heteroatoms. The minimum absolute atomic E-state index is 0.0704. The van der Waals surface area contributed by atoms with Crippen LogP contribution in [0.2, 0.25) is 0 Å². The van der Waals surface area contributed by atoms with Crippen LogP contribution in [-0.4, -0.2) is 26.7 Å². The number of nitrogens with zero attached hydrogens (tertiary/aromatic N) is 2. The van der Waals surface area contributed by atoms with E-state index in [0.717, 1.165) is 22.6 Å². The second kappa shape index (κ2) is 7.53. The monoisotopic (exact) mass is 353 g/mol. The Bertz CT molecular complexity index is 924. The fraction of sp³-hybridized carbons (Fsp3) is 0.211. The van der Waals surface area contributed by atoms with Crippen molar-refractivity contribution in [2.45, 2.75) is 25.9 Å². The molecule has 2 aromatic heterocycles. The van der Waals surface area contributed by atoms with Gasteiger partial charge in [0.15, 0.2) is 5.78 Å². The summed E-state index contributed by atoms with van der Waals surface area (Å²) in [5, 5.41) is 7.51. The Labute approximate surface area is 150 Å². The minimum atomic E-state index is 0.0704. The van der Waals surface area contributed by atoms with Gasteiger partial charge in [-0.1, -0.05) is 23.9 Å². The maximum absolute atomic E-state index is 12.3. The molecule has 0 amide bonds. The predicted octanol–water partition coefficient (Wildman–Crippen LogP) is 4.47. The van der Waals surface area contributed by atoms with Crippen LogP contribution in [0.25, 0.3) is 12.2 Å². The summed E-state index contributed by atoms with van der Waals surface area (Å²) in [7, 11) is 0. The van der Waals surface area contributed by atoms with Crippen molar-refractivity contribution in [2.75, 3.05) is 5.75 Å². The number of ketones is 1. The van der Waals surface area contributed by atoms with Crippen LogP contribution < -0.4 is 0 Å². The van der Waals surface area contributed by atoms with Crippen LogP contribution in [0.4, 0.5) is 0 Å². The molecule has 0 aliphatic rings. The Morgan fingerprint density at radius 1 is 1.16 bits per heavy atom. The fourth-order valence-electron chi connectivity index (χ4n) is 2.23. The van der Waals surface area contributed by atoms with Crippen molar-refractivity contribution in [2.24, 2.45) is 0 Å². The van der Waals surface area contributed by atoms with Gasteiger partial charge in [0.05, 0.1) is 5.75 Å². The molecule has 1 aromatic carbocycles. The van der Waals surface area contributed by atoms with Gasteiger partial charge in [-0.25, -0.2) is 4.98 Å². The SMILES string of the molecule is Cc1ccc(C=Cc2nc(SCC(=O)c3ccc(C)c(C)c3)n[nH]2)o1. The van der Waals surface area contributed by atoms with Gasteiger partial charge in [0, 0.05) is 5.56 Å². The Kier molecular flexibility index (Phi) is 5.19. The van der Waals surface area contributed by atoms with Gasteiger partial charge in [-0.15, -0.1) is 5.10 Å². The second-order valence-electron chi connectivity index (χ2n) is 5.80. The van der Waals surface area contributed by atoms with Gasteiger partial charge in [-0.3, -0.25) is 9.89 Å². The van der Waals surface area contributed by atoms with Crippen LogP contribution in [0, 0.1) is 20.8 Å². The normalized spacial score (nSPS) is 11.3. The predicted molar refractivity (Wildman–Crippen MR) is 99.7 cm³/mol. The molecule has 2 heterocycles. The molecule has 0 unspecified atom stereocenters. The molecule has 3 aromatic rings. The van der Waals surface area contributed by atoms with E-state index in [4.69, 9.17) is 4.42 Å². The van der Waals surface area contributed by atoms with Crippen LogP contribution >= 0.6 is 11.8 Å². The molecular weight excluding hydrogens is 334 g/mol. The van der Waals surface area contributed by atoms with Crippen molar-refractivity contribution in [3.8, 4) is 0 Å². The van der Waals surface area contributed by atoms with Crippen LogP contribution in [-0.2, 0) is 0 Å². The van der Waals surface area contributed by atoms with E-state index in [2.05, 4.69) is 15.2 Å². The Balaban J connectivity index is 1.58. The summed E-state index contributed by atoms with van der Waals surface area (Å²) in [6.45, 7) is 5.94. The lowest BCUT2D eigenvalue weighted by Gasteiger charge is -2.03. The molecular formula is C19H19N3O2S. The third kappa shape index (κ3) is 4.48. The molecule has 0 aliphatic carbocycles. The lowest BCUT2D eigenvalue weighted by Crippen LogP contribution is -2.03. The molecule has 0 atom stereocenters. The third-order valence-corrected chi connectivity index (χ3v) is 4.66. The first-order chi connectivity index (χ1) is 12.0. The van der Waals surface area contributed by atoms with E-state index in [-0.39, 0.29) is 5.78 Å². The molecule has 0 spiro atoms. The largest absolute Gasteiger partial charge is 0.462 e. The van der Waals surface area contributed by atoms with Gasteiger partial charge in [0.25, 0.3) is 0 Å². The third-order valence-electron chi connectivity index (χ3n) is 3.81. The molecule has 128 valence electrons. The summed E-state index contributed by atoms with van der Waals surface area (Å²) in [4.78, 5) is 16.6. The molecule has 0 radical (unpaired) electrons. The molecule has 0 bridgehead atoms. The number of nitrogens with one attached hydrogen (secondary N) is 1. The number of aromatic amines is 1. The number of carbonyl (C=O) groups is 1. The molecule has 0 aliphatic heterocycles. The van der Waals surface area contributed by atoms with Crippen molar-refractivity contribution < 1.29 is 9.21 Å². The highest BCUT2D eigenvalue weighted by Crippen LogP contribution is 2.17. The molecule has 0 saturated carbocycles. The number of hydrogen-bond donors (Lipinski definition) is 1. The van der Waals surface area contributed by atoms with Gasteiger partial charge >= 0.3 is 0 Å². The van der Waals surface area contributed by atoms with E-state index < -0.39 is 0 Å². The molecule has 0 fully saturated rings. The Hall–Kier alpha value is -2.60. The van der Waals surface area contributed by atoms with E-state index in [1.54, 1.807) is 6.08 Å². The number of thioether (sulfide) groups is 1. The van der Waals surface area contributed by atoms with Gasteiger partial charge < -0.3 is 4.42 Å². The van der Waals surface area contributed by atoms with Crippen LogP contribution in [0.5, 0.6) is 0 Å². The molecule has 0 saturated heterocycles. The van der Waals surface area contributed by atoms with Crippen molar-refractivity contribution in [3.63, 3.8) is 0 Å². The molecule has 3 rings (SSSR count). The number of carbonyl (C=O) groups excluding carboxylic acids is 1. The number of Topliss-reactive ketones (excluding diaryl/α,β-unsaturated/α-hetero) is 1. The van der Waals surface area contributed by atoms with Crippen molar-refractivity contribution >= 4 is 29.7 Å². The number of H-pyrrole nitrogens is 1. The van der Waals surface area contributed by atoms with E-state index >= 15 is 0 Å². The van der Waals surface area contributed by atoms with Crippen molar-refractivity contribution in [3.05, 3.63) is 64.4 Å². The summed E-state index contributed by atoms with van der Waals surface area (Å²) >= 11 is 1.32. The lowest BCUT2D eigenvalue weighted by atomic mass is 10.0. The summed E-state index contributed by atoms with van der Waals surface area (Å²) < 4.78 is 5.46. The van der Waals surface area contributed by atoms with Crippen molar-refractivity contribution in [1.82, 2.24) is 15.2 Å². The summed E-state index contributed by atoms with van der Waals surface area (Å²) in [5.74, 6) is 2.61. The molecule has 25 heavy (non-hydrogen) atoms. The minimum Gasteiger partial charge on any atom is -0.462 e. The average molecular weight is 353 g/mol. The highest BCUT2D eigenvalue weighted by molar-refractivity contribution is 7.99. The smallest absolute Gasteiger partial charge is 0.209 e. The zero-order valence-electron chi connectivity index (χ0n) is 14.4. The van der Waals surface area contributed by atoms with E-state index in [1.165, 1.54) is 17.3 Å². The molecule has 5 nitrogen and oxygen atoms in total. The quantitative estimate of drug-likeness (QED) is 0.523. The number of aryl methyl sites for hydroxylation is 3. The highest BCUT2D eigenvalue weighted by atomic mass is 32.2. The Morgan fingerprint density at radius 2 is 2.00 bits per heavy atom. The molecule has 1 N–H and O–H groups in total. The fourth-order valence-corrected chi connectivity index (χ4v) is 2.93. The number of benzene rings is 1. The highest BCUT2D eigenvalue weighted by Gasteiger charge is 2.10. The van der Waals surface area contributed by atoms with Crippen LogP contribution in [0.1, 0.15) is 38.8 Å². The van der Waals surface area contributed by atoms with E-state index in [9.17, 15) is 4.79 Å². The maximum atomic E-state index is 12.3. The number of hydrogen-bond acceptors (Lipinski definition) is 5. The number of aromatic nitrogens is 3. The van der Waals surface area contributed by atoms with Crippen molar-refractivity contribution in [1.29, 1.82) is 0 Å². The first-order valence-corrected chi connectivity index (χ1v) is 8.90. The summed E-state index contributed by atoms with van der Waals surface area (Å²) in [6.07, 6.45) is 3.61. The topological polar surface area (TPSA) is 71.8 Å². The number of furan rings is 1. The van der Waals surface area contributed by atoms with Crippen LogP contribution in [0.15, 0.2) is 39.9 Å². The zero-order chi connectivity index (χ0) is 17.8. The summed E-state index contributed by atoms with van der Waals surface area (Å²) in [5.41, 5.74) is 3.02. The van der Waals surface area contributed by atoms with E-state index in [0.29, 0.717) is 16.7 Å². The van der Waals surface area contributed by atoms with E-state index in [1.807, 2.05) is 57.2 Å². The summed E-state index contributed by atoms with van der Waals surface area (Å²) in [6, 6.07) is 9.55. The number of rotatable bonds is 6. The Morgan fingerprint density at radius 3 is 2.72 bits per heavy atom. The zero-order valence-corrected chi connectivity index (χ0v) is 15.2. The van der Waals surface area contributed by atoms with Gasteiger partial charge in [0.1, 0.15) is 17.3 Å². The van der Waals surface area contributed by atoms with Crippen LogP contribution in [0.3, 0.4) is 0 Å². The maximum Gasteiger partial charge on any atom is 0.209 e. The van der Waals surface area contributed by atoms with Gasteiger partial charge in [-0.05, 0) is 62.2 Å².